The van der Waals surface area contributed by atoms with Gasteiger partial charge in [-0.3, -0.25) is 0 Å². The van der Waals surface area contributed by atoms with Crippen LogP contribution in [0.2, 0.25) is 0 Å². The minimum absolute atomic E-state index is 0.312. The Hall–Kier alpha value is -1.83. The molecule has 8 heteroatoms. The van der Waals surface area contributed by atoms with Crippen LogP contribution in [0.5, 0.6) is 0 Å². The van der Waals surface area contributed by atoms with Crippen molar-refractivity contribution in [1.82, 2.24) is 10.6 Å². The second-order valence-corrected chi connectivity index (χ2v) is 5.71. The van der Waals surface area contributed by atoms with Crippen LogP contribution in [0.4, 0.5) is 4.79 Å². The second-order valence-electron chi connectivity index (χ2n) is 5.71. The maximum Gasteiger partial charge on any atom is 0.414 e. The zero-order valence-electron chi connectivity index (χ0n) is 12.6. The average molecular weight is 304 g/mol. The maximum atomic E-state index is 11.3. The Balaban J connectivity index is 0.000000567. The van der Waals surface area contributed by atoms with Gasteiger partial charge in [0.1, 0.15) is 5.60 Å². The van der Waals surface area contributed by atoms with Crippen molar-refractivity contribution in [3.05, 3.63) is 0 Å². The molecule has 1 saturated heterocycles. The first-order valence-electron chi connectivity index (χ1n) is 6.75. The molecule has 4 N–H and O–H groups in total. The first-order valence-corrected chi connectivity index (χ1v) is 6.75. The first kappa shape index (κ1) is 19.2. The molecule has 1 atom stereocenters. The Kier molecular flexibility index (Phi) is 8.37. The van der Waals surface area contributed by atoms with Crippen molar-refractivity contribution in [3.8, 4) is 0 Å². The molecular weight excluding hydrogens is 280 g/mol. The maximum absolute atomic E-state index is 11.3. The lowest BCUT2D eigenvalue weighted by Gasteiger charge is -2.24. The molecule has 122 valence electrons. The van der Waals surface area contributed by atoms with E-state index in [4.69, 9.17) is 24.5 Å². The Labute approximate surface area is 123 Å². The fourth-order valence-electron chi connectivity index (χ4n) is 1.64. The Bertz CT molecular complexity index is 346. The monoisotopic (exact) mass is 304 g/mol. The van der Waals surface area contributed by atoms with E-state index in [1.165, 1.54) is 12.8 Å². The van der Waals surface area contributed by atoms with Gasteiger partial charge >= 0.3 is 18.0 Å². The standard InChI is InChI=1S/C11H22N2O2.C2H2O4/c1-11(2,3)15-10(14)13-8-9-5-4-6-12-7-9;3-1(4)2(5)6/h9,12H,4-8H2,1-3H3,(H,13,14);(H,3,4)(H,5,6)/t9-;/m1./s1. The number of carbonyl (C=O) groups is 3. The minimum atomic E-state index is -1.82. The summed E-state index contributed by atoms with van der Waals surface area (Å²) >= 11 is 0. The molecule has 0 bridgehead atoms. The van der Waals surface area contributed by atoms with E-state index in [0.29, 0.717) is 12.5 Å². The quantitative estimate of drug-likeness (QED) is 0.552. The Morgan fingerprint density at radius 3 is 2.19 bits per heavy atom. The molecule has 0 aromatic carbocycles. The van der Waals surface area contributed by atoms with Gasteiger partial charge in [-0.2, -0.15) is 0 Å². The number of ether oxygens (including phenoxy) is 1. The van der Waals surface area contributed by atoms with E-state index in [1.54, 1.807) is 0 Å². The van der Waals surface area contributed by atoms with E-state index in [2.05, 4.69) is 10.6 Å². The van der Waals surface area contributed by atoms with E-state index < -0.39 is 17.5 Å². The summed E-state index contributed by atoms with van der Waals surface area (Å²) in [6.45, 7) is 8.42. The van der Waals surface area contributed by atoms with Crippen LogP contribution in [0.25, 0.3) is 0 Å². The van der Waals surface area contributed by atoms with Gasteiger partial charge in [0.15, 0.2) is 0 Å². The number of hydrogen-bond acceptors (Lipinski definition) is 5. The zero-order valence-corrected chi connectivity index (χ0v) is 12.6. The summed E-state index contributed by atoms with van der Waals surface area (Å²) < 4.78 is 5.16. The summed E-state index contributed by atoms with van der Waals surface area (Å²) in [5.41, 5.74) is -0.408. The molecule has 0 aromatic heterocycles. The lowest BCUT2D eigenvalue weighted by Crippen LogP contribution is -2.40. The van der Waals surface area contributed by atoms with Crippen LogP contribution in [0.1, 0.15) is 33.6 Å². The third-order valence-electron chi connectivity index (χ3n) is 2.52. The lowest BCUT2D eigenvalue weighted by atomic mass is 10.00. The normalized spacial score (nSPS) is 18.0. The highest BCUT2D eigenvalue weighted by molar-refractivity contribution is 6.27. The lowest BCUT2D eigenvalue weighted by molar-refractivity contribution is -0.159. The van der Waals surface area contributed by atoms with Crippen LogP contribution in [0, 0.1) is 5.92 Å². The van der Waals surface area contributed by atoms with Gasteiger partial charge in [0.2, 0.25) is 0 Å². The predicted molar refractivity (Wildman–Crippen MR) is 75.1 cm³/mol. The zero-order chi connectivity index (χ0) is 16.5. The SMILES string of the molecule is CC(C)(C)OC(=O)NC[C@@H]1CCCNC1.O=C(O)C(=O)O. The van der Waals surface area contributed by atoms with Gasteiger partial charge in [0.25, 0.3) is 0 Å². The van der Waals surface area contributed by atoms with E-state index in [9.17, 15) is 4.79 Å². The van der Waals surface area contributed by atoms with E-state index >= 15 is 0 Å². The Morgan fingerprint density at radius 2 is 1.81 bits per heavy atom. The van der Waals surface area contributed by atoms with Gasteiger partial charge in [-0.1, -0.05) is 0 Å². The molecule has 1 rings (SSSR count). The van der Waals surface area contributed by atoms with Gasteiger partial charge in [0, 0.05) is 6.54 Å². The van der Waals surface area contributed by atoms with Crippen molar-refractivity contribution < 1.29 is 29.3 Å². The molecule has 0 aromatic rings. The number of carboxylic acids is 2. The second kappa shape index (κ2) is 9.17. The fourth-order valence-corrected chi connectivity index (χ4v) is 1.64. The number of nitrogens with one attached hydrogen (secondary N) is 2. The molecule has 21 heavy (non-hydrogen) atoms. The van der Waals surface area contributed by atoms with Gasteiger partial charge in [0.05, 0.1) is 0 Å². The van der Waals surface area contributed by atoms with Crippen LogP contribution in [0.15, 0.2) is 0 Å². The summed E-state index contributed by atoms with van der Waals surface area (Å²) in [7, 11) is 0. The molecule has 1 aliphatic heterocycles. The van der Waals surface area contributed by atoms with Crippen LogP contribution in [-0.4, -0.2) is 53.5 Å². The molecule has 1 heterocycles. The molecule has 8 nitrogen and oxygen atoms in total. The first-order chi connectivity index (χ1) is 9.61. The number of carbonyl (C=O) groups excluding carboxylic acids is 1. The summed E-state index contributed by atoms with van der Waals surface area (Å²) in [5.74, 6) is -3.10. The molecule has 0 unspecified atom stereocenters. The van der Waals surface area contributed by atoms with Gasteiger partial charge in [-0.25, -0.2) is 14.4 Å². The van der Waals surface area contributed by atoms with Gasteiger partial charge < -0.3 is 25.6 Å². The molecule has 1 fully saturated rings. The highest BCUT2D eigenvalue weighted by Crippen LogP contribution is 2.09. The average Bonchev–Trinajstić information content (AvgIpc) is 2.36. The highest BCUT2D eigenvalue weighted by atomic mass is 16.6. The third kappa shape index (κ3) is 11.7. The van der Waals surface area contributed by atoms with Crippen molar-refractivity contribution in [3.63, 3.8) is 0 Å². The van der Waals surface area contributed by atoms with Crippen LogP contribution >= 0.6 is 0 Å². The molecule has 0 aliphatic carbocycles. The Morgan fingerprint density at radius 1 is 1.24 bits per heavy atom. The topological polar surface area (TPSA) is 125 Å². The van der Waals surface area contributed by atoms with Crippen LogP contribution in [-0.2, 0) is 14.3 Å². The number of aliphatic carboxylic acids is 2. The van der Waals surface area contributed by atoms with Crippen molar-refractivity contribution in [1.29, 1.82) is 0 Å². The smallest absolute Gasteiger partial charge is 0.414 e. The molecule has 1 amide bonds. The van der Waals surface area contributed by atoms with E-state index in [0.717, 1.165) is 13.1 Å². The molecule has 0 saturated carbocycles. The van der Waals surface area contributed by atoms with E-state index in [1.807, 2.05) is 20.8 Å². The molecule has 1 aliphatic rings. The van der Waals surface area contributed by atoms with Crippen molar-refractivity contribution in [2.24, 2.45) is 5.92 Å². The van der Waals surface area contributed by atoms with Gasteiger partial charge in [-0.05, 0) is 52.6 Å². The fraction of sp³-hybridized carbons (Fsp3) is 0.769. The molecular formula is C13H24N2O6. The molecule has 0 spiro atoms. The number of amides is 1. The number of alkyl carbamates (subject to hydrolysis) is 1. The van der Waals surface area contributed by atoms with Crippen LogP contribution in [0.3, 0.4) is 0 Å². The number of carboxylic acid groups (broad SMARTS) is 2. The molecule has 0 radical (unpaired) electrons. The predicted octanol–water partition coefficient (Wildman–Crippen LogP) is 0.666. The summed E-state index contributed by atoms with van der Waals surface area (Å²) in [6.07, 6.45) is 2.07. The largest absolute Gasteiger partial charge is 0.473 e. The van der Waals surface area contributed by atoms with Crippen molar-refractivity contribution in [2.45, 2.75) is 39.2 Å². The number of piperidine rings is 1. The van der Waals surface area contributed by atoms with Crippen molar-refractivity contribution in [2.75, 3.05) is 19.6 Å². The van der Waals surface area contributed by atoms with E-state index in [-0.39, 0.29) is 6.09 Å². The highest BCUT2D eigenvalue weighted by Gasteiger charge is 2.18. The van der Waals surface area contributed by atoms with Gasteiger partial charge in [-0.15, -0.1) is 0 Å². The van der Waals surface area contributed by atoms with Crippen molar-refractivity contribution >= 4 is 18.0 Å². The number of hydrogen-bond donors (Lipinski definition) is 4. The third-order valence-corrected chi connectivity index (χ3v) is 2.52. The summed E-state index contributed by atoms with van der Waals surface area (Å²) in [6, 6.07) is 0. The summed E-state index contributed by atoms with van der Waals surface area (Å²) in [4.78, 5) is 29.5. The number of rotatable bonds is 2. The van der Waals surface area contributed by atoms with Crippen LogP contribution < -0.4 is 10.6 Å². The minimum Gasteiger partial charge on any atom is -0.473 e. The summed E-state index contributed by atoms with van der Waals surface area (Å²) in [5, 5.41) is 20.9.